The molecule has 10 heteroatoms. The molecule has 0 unspecified atom stereocenters. The third kappa shape index (κ3) is 3.39. The van der Waals surface area contributed by atoms with Gasteiger partial charge in [-0.15, -0.1) is 13.2 Å². The van der Waals surface area contributed by atoms with Crippen LogP contribution in [0.2, 0.25) is 0 Å². The summed E-state index contributed by atoms with van der Waals surface area (Å²) in [7, 11) is 0. The van der Waals surface area contributed by atoms with Crippen molar-refractivity contribution in [2.45, 2.75) is 19.1 Å². The van der Waals surface area contributed by atoms with Gasteiger partial charge in [-0.2, -0.15) is 13.2 Å². The maximum atomic E-state index is 12.5. The minimum atomic E-state index is -5.28. The second-order valence-corrected chi connectivity index (χ2v) is 3.12. The summed E-state index contributed by atoms with van der Waals surface area (Å²) in [5, 5.41) is 0. The van der Waals surface area contributed by atoms with Crippen LogP contribution in [0, 0.1) is 0 Å². The van der Waals surface area contributed by atoms with Crippen LogP contribution in [0.3, 0.4) is 0 Å². The third-order valence-electron chi connectivity index (χ3n) is 1.78. The molecule has 0 aliphatic rings. The summed E-state index contributed by atoms with van der Waals surface area (Å²) in [5.41, 5.74) is 8.01. The molecule has 0 fully saturated rings. The predicted octanol–water partition coefficient (Wildman–Crippen LogP) is 2.04. The van der Waals surface area contributed by atoms with Gasteiger partial charge in [-0.3, -0.25) is 0 Å². The molecule has 1 rings (SSSR count). The lowest BCUT2D eigenvalue weighted by atomic mass is 10.2. The van der Waals surface area contributed by atoms with Crippen LogP contribution in [0.1, 0.15) is 11.3 Å². The molecular formula is C8H7F6N3O. The van der Waals surface area contributed by atoms with Gasteiger partial charge in [0.1, 0.15) is 17.1 Å². The van der Waals surface area contributed by atoms with E-state index in [4.69, 9.17) is 11.5 Å². The minimum absolute atomic E-state index is 0.250. The number of alkyl halides is 6. The van der Waals surface area contributed by atoms with Gasteiger partial charge in [-0.05, 0) is 0 Å². The van der Waals surface area contributed by atoms with Crippen LogP contribution in [-0.2, 0) is 12.7 Å². The number of hydrogen-bond donors (Lipinski definition) is 2. The van der Waals surface area contributed by atoms with Crippen molar-refractivity contribution in [2.24, 2.45) is 5.73 Å². The van der Waals surface area contributed by atoms with Crippen LogP contribution >= 0.6 is 0 Å². The monoisotopic (exact) mass is 275 g/mol. The highest BCUT2D eigenvalue weighted by molar-refractivity contribution is 5.52. The Hall–Kier alpha value is -1.71. The van der Waals surface area contributed by atoms with Crippen molar-refractivity contribution in [2.75, 3.05) is 5.73 Å². The molecule has 0 bridgehead atoms. The predicted molar refractivity (Wildman–Crippen MR) is 48.2 cm³/mol. The smallest absolute Gasteiger partial charge is 0.405 e. The lowest BCUT2D eigenvalue weighted by molar-refractivity contribution is -0.276. The molecule has 0 aliphatic carbocycles. The number of nitrogens with two attached hydrogens (primary N) is 2. The van der Waals surface area contributed by atoms with Crippen molar-refractivity contribution in [3.05, 3.63) is 17.3 Å². The Morgan fingerprint density at radius 1 is 1.17 bits per heavy atom. The van der Waals surface area contributed by atoms with Crippen molar-refractivity contribution in [3.8, 4) is 5.75 Å². The number of nitrogens with zero attached hydrogens (tertiary/aromatic N) is 1. The van der Waals surface area contributed by atoms with E-state index in [9.17, 15) is 26.3 Å². The first kappa shape index (κ1) is 14.4. The molecule has 4 N–H and O–H groups in total. The van der Waals surface area contributed by atoms with E-state index in [0.717, 1.165) is 0 Å². The molecule has 4 nitrogen and oxygen atoms in total. The first-order valence-electron chi connectivity index (χ1n) is 4.37. The number of pyridine rings is 1. The molecule has 1 heterocycles. The molecule has 102 valence electrons. The van der Waals surface area contributed by atoms with Crippen LogP contribution in [-0.4, -0.2) is 11.3 Å². The molecular weight excluding hydrogens is 268 g/mol. The highest BCUT2D eigenvalue weighted by atomic mass is 19.4. The fraction of sp³-hybridized carbons (Fsp3) is 0.375. The van der Waals surface area contributed by atoms with Crippen LogP contribution in [0.25, 0.3) is 0 Å². The normalized spacial score (nSPS) is 12.6. The molecule has 18 heavy (non-hydrogen) atoms. The molecule has 1 aromatic rings. The molecule has 0 aliphatic heterocycles. The van der Waals surface area contributed by atoms with Gasteiger partial charge in [0.15, 0.2) is 0 Å². The molecule has 0 saturated heterocycles. The number of aromatic nitrogens is 1. The van der Waals surface area contributed by atoms with Gasteiger partial charge >= 0.3 is 12.5 Å². The van der Waals surface area contributed by atoms with Gasteiger partial charge in [0, 0.05) is 12.6 Å². The Morgan fingerprint density at radius 3 is 2.11 bits per heavy atom. The zero-order chi connectivity index (χ0) is 14.1. The maximum Gasteiger partial charge on any atom is 0.573 e. The Kier molecular flexibility index (Phi) is 3.60. The number of hydrogen-bond acceptors (Lipinski definition) is 4. The summed E-state index contributed by atoms with van der Waals surface area (Å²) < 4.78 is 76.8. The van der Waals surface area contributed by atoms with Crippen molar-refractivity contribution >= 4 is 5.82 Å². The van der Waals surface area contributed by atoms with Crippen LogP contribution in [0.5, 0.6) is 5.75 Å². The Balaban J connectivity index is 3.39. The number of rotatable bonds is 2. The molecule has 1 aromatic heterocycles. The van der Waals surface area contributed by atoms with E-state index < -0.39 is 29.7 Å². The van der Waals surface area contributed by atoms with Gasteiger partial charge in [0.2, 0.25) is 0 Å². The summed E-state index contributed by atoms with van der Waals surface area (Å²) >= 11 is 0. The largest absolute Gasteiger partial charge is 0.573 e. The van der Waals surface area contributed by atoms with Crippen LogP contribution < -0.4 is 16.2 Å². The molecule has 0 amide bonds. The van der Waals surface area contributed by atoms with E-state index in [0.29, 0.717) is 6.07 Å². The van der Waals surface area contributed by atoms with Crippen molar-refractivity contribution < 1.29 is 31.1 Å². The van der Waals surface area contributed by atoms with Crippen molar-refractivity contribution in [3.63, 3.8) is 0 Å². The molecule has 0 saturated carbocycles. The Bertz CT molecular complexity index is 442. The fourth-order valence-electron chi connectivity index (χ4n) is 1.19. The first-order chi connectivity index (χ1) is 8.04. The quantitative estimate of drug-likeness (QED) is 0.810. The average Bonchev–Trinajstić information content (AvgIpc) is 2.11. The number of anilines is 1. The summed E-state index contributed by atoms with van der Waals surface area (Å²) in [5.74, 6) is -2.59. The van der Waals surface area contributed by atoms with Crippen LogP contribution in [0.4, 0.5) is 32.2 Å². The molecule has 0 aromatic carbocycles. The highest BCUT2D eigenvalue weighted by Gasteiger charge is 2.42. The molecule has 0 atom stereocenters. The maximum absolute atomic E-state index is 12.5. The lowest BCUT2D eigenvalue weighted by Crippen LogP contribution is -2.22. The van der Waals surface area contributed by atoms with Gasteiger partial charge in [-0.25, -0.2) is 4.98 Å². The standard InChI is InChI=1S/C8H7F6N3O/c9-7(10,11)5-4(18-8(12,13)14)1-3(2-15)17-6(5)16/h1H,2,15H2,(H2,16,17). The van der Waals surface area contributed by atoms with Gasteiger partial charge in [0.05, 0.1) is 5.69 Å². The summed E-state index contributed by atoms with van der Waals surface area (Å²) in [6.45, 7) is -0.378. The summed E-state index contributed by atoms with van der Waals surface area (Å²) in [6.07, 6.45) is -10.4. The molecule has 0 spiro atoms. The highest BCUT2D eigenvalue weighted by Crippen LogP contribution is 2.41. The number of nitrogen functional groups attached to an aromatic ring is 1. The van der Waals surface area contributed by atoms with E-state index >= 15 is 0 Å². The van der Waals surface area contributed by atoms with E-state index in [1.54, 1.807) is 0 Å². The van der Waals surface area contributed by atoms with Crippen LogP contribution in [0.15, 0.2) is 6.07 Å². The summed E-state index contributed by atoms with van der Waals surface area (Å²) in [6, 6.07) is 0.451. The minimum Gasteiger partial charge on any atom is -0.405 e. The topological polar surface area (TPSA) is 74.2 Å². The van der Waals surface area contributed by atoms with Gasteiger partial charge < -0.3 is 16.2 Å². The average molecular weight is 275 g/mol. The van der Waals surface area contributed by atoms with E-state index in [2.05, 4.69) is 9.72 Å². The first-order valence-corrected chi connectivity index (χ1v) is 4.37. The zero-order valence-electron chi connectivity index (χ0n) is 8.56. The van der Waals surface area contributed by atoms with Gasteiger partial charge in [-0.1, -0.05) is 0 Å². The Morgan fingerprint density at radius 2 is 1.72 bits per heavy atom. The number of halogens is 6. The second kappa shape index (κ2) is 4.52. The fourth-order valence-corrected chi connectivity index (χ4v) is 1.19. The lowest BCUT2D eigenvalue weighted by Gasteiger charge is -2.17. The van der Waals surface area contributed by atoms with Crippen molar-refractivity contribution in [1.29, 1.82) is 0 Å². The van der Waals surface area contributed by atoms with E-state index in [-0.39, 0.29) is 12.2 Å². The SMILES string of the molecule is NCc1cc(OC(F)(F)F)c(C(F)(F)F)c(N)n1. The third-order valence-corrected chi connectivity index (χ3v) is 1.78. The second-order valence-electron chi connectivity index (χ2n) is 3.12. The van der Waals surface area contributed by atoms with E-state index in [1.807, 2.05) is 0 Å². The zero-order valence-corrected chi connectivity index (χ0v) is 8.56. The Labute approximate surface area is 96.5 Å². The number of ether oxygens (including phenoxy) is 1. The van der Waals surface area contributed by atoms with Crippen molar-refractivity contribution in [1.82, 2.24) is 4.98 Å². The summed E-state index contributed by atoms with van der Waals surface area (Å²) in [4.78, 5) is 3.23. The van der Waals surface area contributed by atoms with E-state index in [1.165, 1.54) is 0 Å². The van der Waals surface area contributed by atoms with Gasteiger partial charge in [0.25, 0.3) is 0 Å². The molecule has 0 radical (unpaired) electrons.